The van der Waals surface area contributed by atoms with Crippen LogP contribution >= 0.6 is 27.5 Å². The fourth-order valence-electron chi connectivity index (χ4n) is 2.39. The topological polar surface area (TPSA) is 30.7 Å². The van der Waals surface area contributed by atoms with E-state index in [2.05, 4.69) is 55.6 Å². The first-order chi connectivity index (χ1) is 10.1. The van der Waals surface area contributed by atoms with Crippen LogP contribution < -0.4 is 0 Å². The summed E-state index contributed by atoms with van der Waals surface area (Å²) in [7, 11) is 0. The van der Waals surface area contributed by atoms with E-state index in [0.29, 0.717) is 12.3 Å². The fourth-order valence-corrected chi connectivity index (χ4v) is 2.81. The second-order valence-corrected chi connectivity index (χ2v) is 6.26. The highest BCUT2D eigenvalue weighted by atomic mass is 79.9. The van der Waals surface area contributed by atoms with E-state index in [0.717, 1.165) is 32.8 Å². The first-order valence-corrected chi connectivity index (χ1v) is 8.10. The van der Waals surface area contributed by atoms with Crippen molar-refractivity contribution in [3.05, 3.63) is 51.9 Å². The van der Waals surface area contributed by atoms with E-state index in [1.165, 1.54) is 5.56 Å². The van der Waals surface area contributed by atoms with Crippen LogP contribution in [-0.4, -0.2) is 20.4 Å². The number of nitrogens with zero attached hydrogens (tertiary/aromatic N) is 3. The second-order valence-electron chi connectivity index (χ2n) is 5.03. The molecule has 3 nitrogen and oxygen atoms in total. The minimum atomic E-state index is 0.539. The molecule has 1 aromatic carbocycles. The van der Waals surface area contributed by atoms with Crippen molar-refractivity contribution in [1.82, 2.24) is 14.5 Å². The van der Waals surface area contributed by atoms with Gasteiger partial charge in [-0.2, -0.15) is 0 Å². The zero-order valence-corrected chi connectivity index (χ0v) is 14.2. The lowest BCUT2D eigenvalue weighted by Crippen LogP contribution is -2.03. The average molecular weight is 365 g/mol. The summed E-state index contributed by atoms with van der Waals surface area (Å²) in [6.45, 7) is 4.07. The van der Waals surface area contributed by atoms with Gasteiger partial charge in [-0.05, 0) is 49.7 Å². The standard InChI is InChI=1S/C16H15BrClN3/c1-10-9-12(4-5-13(10)17)21-15(7-8-18)20-14-6-3-11(2)19-16(14)21/h3-6,9H,7-8H2,1-2H3. The third-order valence-corrected chi connectivity index (χ3v) is 4.51. The molecule has 0 saturated heterocycles. The van der Waals surface area contributed by atoms with E-state index in [1.54, 1.807) is 0 Å². The van der Waals surface area contributed by atoms with Gasteiger partial charge in [-0.3, -0.25) is 4.57 Å². The summed E-state index contributed by atoms with van der Waals surface area (Å²) in [6, 6.07) is 10.2. The normalized spacial score (nSPS) is 11.2. The molecule has 0 saturated carbocycles. The molecule has 0 aliphatic rings. The van der Waals surface area contributed by atoms with Gasteiger partial charge in [-0.25, -0.2) is 9.97 Å². The molecule has 21 heavy (non-hydrogen) atoms. The van der Waals surface area contributed by atoms with Gasteiger partial charge >= 0.3 is 0 Å². The van der Waals surface area contributed by atoms with Gasteiger partial charge in [-0.1, -0.05) is 15.9 Å². The Morgan fingerprint density at radius 2 is 1.95 bits per heavy atom. The lowest BCUT2D eigenvalue weighted by Gasteiger charge is -2.10. The van der Waals surface area contributed by atoms with Gasteiger partial charge in [0.05, 0.1) is 0 Å². The number of pyridine rings is 1. The van der Waals surface area contributed by atoms with Gasteiger partial charge < -0.3 is 0 Å². The molecule has 0 fully saturated rings. The highest BCUT2D eigenvalue weighted by Crippen LogP contribution is 2.25. The first-order valence-electron chi connectivity index (χ1n) is 6.77. The zero-order chi connectivity index (χ0) is 15.0. The predicted molar refractivity (Wildman–Crippen MR) is 90.5 cm³/mol. The maximum Gasteiger partial charge on any atom is 0.164 e. The Morgan fingerprint density at radius 1 is 1.14 bits per heavy atom. The summed E-state index contributed by atoms with van der Waals surface area (Å²) in [4.78, 5) is 9.33. The van der Waals surface area contributed by atoms with Gasteiger partial charge in [0, 0.05) is 28.2 Å². The lowest BCUT2D eigenvalue weighted by atomic mass is 10.2. The fraction of sp³-hybridized carbons (Fsp3) is 0.250. The van der Waals surface area contributed by atoms with E-state index in [1.807, 2.05) is 19.1 Å². The van der Waals surface area contributed by atoms with Crippen LogP contribution in [0, 0.1) is 13.8 Å². The molecule has 0 spiro atoms. The van der Waals surface area contributed by atoms with Gasteiger partial charge in [0.25, 0.3) is 0 Å². The van der Waals surface area contributed by atoms with E-state index in [-0.39, 0.29) is 0 Å². The maximum atomic E-state index is 5.93. The molecule has 108 valence electrons. The molecular formula is C16H15BrClN3. The SMILES string of the molecule is Cc1ccc2nc(CCCl)n(-c3ccc(Br)c(C)c3)c2n1. The van der Waals surface area contributed by atoms with Crippen LogP contribution in [0.3, 0.4) is 0 Å². The van der Waals surface area contributed by atoms with E-state index < -0.39 is 0 Å². The number of fused-ring (bicyclic) bond motifs is 1. The lowest BCUT2D eigenvalue weighted by molar-refractivity contribution is 0.902. The minimum absolute atomic E-state index is 0.539. The molecular weight excluding hydrogens is 350 g/mol. The number of aryl methyl sites for hydroxylation is 3. The Balaban J connectivity index is 2.29. The molecule has 0 radical (unpaired) electrons. The monoisotopic (exact) mass is 363 g/mol. The van der Waals surface area contributed by atoms with Crippen LogP contribution in [0.5, 0.6) is 0 Å². The summed E-state index contributed by atoms with van der Waals surface area (Å²) < 4.78 is 3.20. The van der Waals surface area contributed by atoms with Crippen molar-refractivity contribution in [3.8, 4) is 5.69 Å². The molecule has 5 heteroatoms. The molecule has 3 rings (SSSR count). The highest BCUT2D eigenvalue weighted by molar-refractivity contribution is 9.10. The van der Waals surface area contributed by atoms with Gasteiger partial charge in [0.15, 0.2) is 5.65 Å². The Bertz CT molecular complexity index is 811. The van der Waals surface area contributed by atoms with Crippen LogP contribution in [0.25, 0.3) is 16.9 Å². The van der Waals surface area contributed by atoms with E-state index >= 15 is 0 Å². The Labute approximate surface area is 137 Å². The molecule has 0 amide bonds. The molecule has 0 aliphatic heterocycles. The number of hydrogen-bond donors (Lipinski definition) is 0. The van der Waals surface area contributed by atoms with Crippen molar-refractivity contribution in [1.29, 1.82) is 0 Å². The highest BCUT2D eigenvalue weighted by Gasteiger charge is 2.14. The molecule has 3 aromatic rings. The van der Waals surface area contributed by atoms with Gasteiger partial charge in [0.1, 0.15) is 11.3 Å². The third-order valence-electron chi connectivity index (χ3n) is 3.43. The van der Waals surface area contributed by atoms with Gasteiger partial charge in [-0.15, -0.1) is 11.6 Å². The quantitative estimate of drug-likeness (QED) is 0.637. The minimum Gasteiger partial charge on any atom is -0.281 e. The van der Waals surface area contributed by atoms with Crippen molar-refractivity contribution in [2.75, 3.05) is 5.88 Å². The molecule has 0 atom stereocenters. The number of rotatable bonds is 3. The smallest absolute Gasteiger partial charge is 0.164 e. The molecule has 0 aliphatic carbocycles. The van der Waals surface area contributed by atoms with Crippen LogP contribution in [0.4, 0.5) is 0 Å². The first kappa shape index (κ1) is 14.5. The average Bonchev–Trinajstić information content (AvgIpc) is 2.80. The molecule has 2 heterocycles. The number of hydrogen-bond acceptors (Lipinski definition) is 2. The van der Waals surface area contributed by atoms with Crippen molar-refractivity contribution >= 4 is 38.7 Å². The Hall–Kier alpha value is -1.39. The van der Waals surface area contributed by atoms with Crippen LogP contribution in [0.2, 0.25) is 0 Å². The Kier molecular flexibility index (Phi) is 4.00. The molecule has 0 unspecified atom stereocenters. The summed E-state index contributed by atoms with van der Waals surface area (Å²) in [5, 5.41) is 0. The zero-order valence-electron chi connectivity index (χ0n) is 11.9. The van der Waals surface area contributed by atoms with Crippen molar-refractivity contribution in [2.24, 2.45) is 0 Å². The van der Waals surface area contributed by atoms with Crippen molar-refractivity contribution in [3.63, 3.8) is 0 Å². The van der Waals surface area contributed by atoms with Crippen molar-refractivity contribution < 1.29 is 0 Å². The molecule has 2 aromatic heterocycles. The second kappa shape index (κ2) is 5.78. The van der Waals surface area contributed by atoms with Crippen molar-refractivity contribution in [2.45, 2.75) is 20.3 Å². The third kappa shape index (κ3) is 2.70. The molecule has 0 bridgehead atoms. The number of benzene rings is 1. The van der Waals surface area contributed by atoms with E-state index in [9.17, 15) is 0 Å². The summed E-state index contributed by atoms with van der Waals surface area (Å²) in [5.41, 5.74) is 5.02. The summed E-state index contributed by atoms with van der Waals surface area (Å²) in [5.74, 6) is 1.48. The molecule has 0 N–H and O–H groups in total. The number of imidazole rings is 1. The maximum absolute atomic E-state index is 5.93. The number of halogens is 2. The Morgan fingerprint density at radius 3 is 2.67 bits per heavy atom. The number of aromatic nitrogens is 3. The largest absolute Gasteiger partial charge is 0.281 e. The van der Waals surface area contributed by atoms with Crippen LogP contribution in [0.15, 0.2) is 34.8 Å². The predicted octanol–water partition coefficient (Wildman–Crippen LogP) is 4.58. The summed E-state index contributed by atoms with van der Waals surface area (Å²) >= 11 is 9.47. The van der Waals surface area contributed by atoms with E-state index in [4.69, 9.17) is 11.6 Å². The summed E-state index contributed by atoms with van der Waals surface area (Å²) in [6.07, 6.45) is 0.714. The van der Waals surface area contributed by atoms with Crippen LogP contribution in [0.1, 0.15) is 17.1 Å². The van der Waals surface area contributed by atoms with Crippen LogP contribution in [-0.2, 0) is 6.42 Å². The van der Waals surface area contributed by atoms with Gasteiger partial charge in [0.2, 0.25) is 0 Å². The number of alkyl halides is 1.